The van der Waals surface area contributed by atoms with Crippen LogP contribution in [0.1, 0.15) is 5.69 Å². The number of nitrogens with one attached hydrogen (secondary N) is 1. The Bertz CT molecular complexity index is 407. The fourth-order valence-corrected chi connectivity index (χ4v) is 1.31. The predicted molar refractivity (Wildman–Crippen MR) is 72.4 cm³/mol. The van der Waals surface area contributed by atoms with Crippen molar-refractivity contribution < 1.29 is 0 Å². The number of aromatic nitrogens is 1. The lowest BCUT2D eigenvalue weighted by Crippen LogP contribution is -2.24. The van der Waals surface area contributed by atoms with Crippen molar-refractivity contribution in [3.05, 3.63) is 67.0 Å². The normalized spacial score (nSPS) is 10.6. The van der Waals surface area contributed by atoms with Gasteiger partial charge in [0.25, 0.3) is 0 Å². The van der Waals surface area contributed by atoms with Gasteiger partial charge in [0.1, 0.15) is 4.99 Å². The highest BCUT2D eigenvalue weighted by molar-refractivity contribution is 7.80. The summed E-state index contributed by atoms with van der Waals surface area (Å²) in [6.45, 7) is 7.98. The third-order valence-corrected chi connectivity index (χ3v) is 2.30. The zero-order chi connectivity index (χ0) is 11.8. The zero-order valence-electron chi connectivity index (χ0n) is 9.02. The fourth-order valence-electron chi connectivity index (χ4n) is 1.12. The van der Waals surface area contributed by atoms with Gasteiger partial charge in [0, 0.05) is 12.7 Å². The number of pyridine rings is 1. The van der Waals surface area contributed by atoms with E-state index in [4.69, 9.17) is 12.2 Å². The molecule has 0 aliphatic heterocycles. The molecule has 0 aromatic carbocycles. The average Bonchev–Trinajstić information content (AvgIpc) is 2.35. The molecule has 1 heterocycles. The van der Waals surface area contributed by atoms with Gasteiger partial charge in [-0.05, 0) is 17.7 Å². The number of thiocarbonyl (C=S) groups is 1. The Labute approximate surface area is 101 Å². The lowest BCUT2D eigenvalue weighted by molar-refractivity contribution is 1.02. The van der Waals surface area contributed by atoms with Gasteiger partial charge in [-0.2, -0.15) is 0 Å². The molecule has 1 N–H and O–H groups in total. The predicted octanol–water partition coefficient (Wildman–Crippen LogP) is 2.65. The van der Waals surface area contributed by atoms with Gasteiger partial charge in [0.05, 0.1) is 5.69 Å². The largest absolute Gasteiger partial charge is 0.370 e. The van der Waals surface area contributed by atoms with Crippen molar-refractivity contribution in [3.63, 3.8) is 0 Å². The quantitative estimate of drug-likeness (QED) is 0.622. The number of allylic oxidation sites excluding steroid dienone is 2. The maximum absolute atomic E-state index is 5.21. The van der Waals surface area contributed by atoms with Crippen molar-refractivity contribution in [2.45, 2.75) is 0 Å². The highest BCUT2D eigenvalue weighted by Gasteiger charge is 2.00. The molecule has 0 saturated carbocycles. The molecule has 0 saturated heterocycles. The Morgan fingerprint density at radius 2 is 2.25 bits per heavy atom. The van der Waals surface area contributed by atoms with E-state index in [2.05, 4.69) is 23.5 Å². The van der Waals surface area contributed by atoms with Crippen LogP contribution in [0.2, 0.25) is 0 Å². The Hall–Kier alpha value is -1.74. The summed E-state index contributed by atoms with van der Waals surface area (Å²) in [6.07, 6.45) is 7.11. The van der Waals surface area contributed by atoms with Crippen molar-refractivity contribution in [2.24, 2.45) is 0 Å². The monoisotopic (exact) mass is 230 g/mol. The molecule has 0 bridgehead atoms. The first-order valence-corrected chi connectivity index (χ1v) is 5.32. The van der Waals surface area contributed by atoms with E-state index in [1.54, 1.807) is 18.3 Å². The summed E-state index contributed by atoms with van der Waals surface area (Å²) >= 11 is 5.21. The van der Waals surface area contributed by atoms with Crippen LogP contribution in [0.4, 0.5) is 0 Å². The number of hydrogen-bond acceptors (Lipinski definition) is 2. The van der Waals surface area contributed by atoms with E-state index in [1.807, 2.05) is 24.3 Å². The second kappa shape index (κ2) is 6.69. The van der Waals surface area contributed by atoms with Crippen LogP contribution in [0.25, 0.3) is 0 Å². The fraction of sp³-hybridized carbons (Fsp3) is 0.0769. The van der Waals surface area contributed by atoms with Gasteiger partial charge in [0.15, 0.2) is 0 Å². The van der Waals surface area contributed by atoms with Gasteiger partial charge in [-0.3, -0.25) is 4.98 Å². The van der Waals surface area contributed by atoms with Crippen molar-refractivity contribution in [2.75, 3.05) is 6.54 Å². The second-order valence-electron chi connectivity index (χ2n) is 3.08. The van der Waals surface area contributed by atoms with E-state index in [0.717, 1.165) is 11.3 Å². The Morgan fingerprint density at radius 1 is 1.44 bits per heavy atom. The lowest BCUT2D eigenvalue weighted by Gasteiger charge is -2.07. The molecule has 0 unspecified atom stereocenters. The maximum atomic E-state index is 5.21. The molecule has 0 spiro atoms. The summed E-state index contributed by atoms with van der Waals surface area (Å²) in [4.78, 5) is 4.80. The van der Waals surface area contributed by atoms with E-state index in [1.165, 1.54) is 0 Å². The standard InChI is InChI=1S/C13H14N2S/c1-3-7-11(4-2)10-15-13(16)12-8-5-6-9-14-12/h3-9H,1-2,10H2,(H,15,16)/b11-7+. The number of hydrogen-bond donors (Lipinski definition) is 1. The molecule has 0 radical (unpaired) electrons. The van der Waals surface area contributed by atoms with Crippen molar-refractivity contribution >= 4 is 17.2 Å². The van der Waals surface area contributed by atoms with Gasteiger partial charge in [-0.15, -0.1) is 0 Å². The van der Waals surface area contributed by atoms with Gasteiger partial charge < -0.3 is 5.32 Å². The van der Waals surface area contributed by atoms with E-state index in [-0.39, 0.29) is 0 Å². The molecule has 2 nitrogen and oxygen atoms in total. The molecular formula is C13H14N2S. The summed E-state index contributed by atoms with van der Waals surface area (Å²) in [5, 5.41) is 3.12. The van der Waals surface area contributed by atoms with Gasteiger partial charge in [-0.1, -0.05) is 49.7 Å². The van der Waals surface area contributed by atoms with E-state index >= 15 is 0 Å². The highest BCUT2D eigenvalue weighted by Crippen LogP contribution is 1.98. The molecule has 16 heavy (non-hydrogen) atoms. The highest BCUT2D eigenvalue weighted by atomic mass is 32.1. The van der Waals surface area contributed by atoms with Crippen molar-refractivity contribution in [3.8, 4) is 0 Å². The summed E-state index contributed by atoms with van der Waals surface area (Å²) in [5.41, 5.74) is 1.81. The Kier molecular flexibility index (Phi) is 5.16. The minimum Gasteiger partial charge on any atom is -0.370 e. The molecular weight excluding hydrogens is 216 g/mol. The maximum Gasteiger partial charge on any atom is 0.125 e. The first-order valence-electron chi connectivity index (χ1n) is 4.91. The van der Waals surface area contributed by atoms with Crippen LogP contribution in [0.3, 0.4) is 0 Å². The summed E-state index contributed by atoms with van der Waals surface area (Å²) in [7, 11) is 0. The molecule has 3 heteroatoms. The molecule has 1 rings (SSSR count). The van der Waals surface area contributed by atoms with Crippen LogP contribution in [0.5, 0.6) is 0 Å². The Balaban J connectivity index is 2.56. The number of nitrogens with zero attached hydrogens (tertiary/aromatic N) is 1. The van der Waals surface area contributed by atoms with Gasteiger partial charge >= 0.3 is 0 Å². The van der Waals surface area contributed by atoms with Gasteiger partial charge in [-0.25, -0.2) is 0 Å². The summed E-state index contributed by atoms with van der Waals surface area (Å²) in [6, 6.07) is 5.64. The first kappa shape index (κ1) is 12.3. The molecule has 0 aliphatic rings. The molecule has 0 atom stereocenters. The van der Waals surface area contributed by atoms with Crippen LogP contribution in [-0.2, 0) is 0 Å². The van der Waals surface area contributed by atoms with Crippen molar-refractivity contribution in [1.29, 1.82) is 0 Å². The third-order valence-electron chi connectivity index (χ3n) is 1.94. The smallest absolute Gasteiger partial charge is 0.125 e. The average molecular weight is 230 g/mol. The van der Waals surface area contributed by atoms with Crippen LogP contribution in [-0.4, -0.2) is 16.5 Å². The summed E-state index contributed by atoms with van der Waals surface area (Å²) < 4.78 is 0. The SMILES string of the molecule is C=C/C=C(\C=C)CNC(=S)c1ccccn1. The topological polar surface area (TPSA) is 24.9 Å². The third kappa shape index (κ3) is 3.79. The molecule has 0 fully saturated rings. The van der Waals surface area contributed by atoms with Gasteiger partial charge in [0.2, 0.25) is 0 Å². The van der Waals surface area contributed by atoms with Crippen LogP contribution in [0.15, 0.2) is 61.4 Å². The van der Waals surface area contributed by atoms with E-state index < -0.39 is 0 Å². The molecule has 1 aromatic rings. The zero-order valence-corrected chi connectivity index (χ0v) is 9.83. The van der Waals surface area contributed by atoms with Crippen molar-refractivity contribution in [1.82, 2.24) is 10.3 Å². The molecule has 82 valence electrons. The number of rotatable bonds is 5. The van der Waals surface area contributed by atoms with Crippen LogP contribution in [0, 0.1) is 0 Å². The molecule has 0 aliphatic carbocycles. The molecule has 0 amide bonds. The second-order valence-corrected chi connectivity index (χ2v) is 3.49. The minimum atomic E-state index is 0.630. The summed E-state index contributed by atoms with van der Waals surface area (Å²) in [5.74, 6) is 0. The Morgan fingerprint density at radius 3 is 2.81 bits per heavy atom. The van der Waals surface area contributed by atoms with Crippen LogP contribution < -0.4 is 5.32 Å². The first-order chi connectivity index (χ1) is 7.77. The van der Waals surface area contributed by atoms with E-state index in [0.29, 0.717) is 11.5 Å². The molecule has 1 aromatic heterocycles. The van der Waals surface area contributed by atoms with E-state index in [9.17, 15) is 0 Å². The minimum absolute atomic E-state index is 0.630. The lowest BCUT2D eigenvalue weighted by atomic mass is 10.2. The van der Waals surface area contributed by atoms with Crippen LogP contribution >= 0.6 is 12.2 Å².